The predicted molar refractivity (Wildman–Crippen MR) is 144 cm³/mol. The number of halogens is 1. The van der Waals surface area contributed by atoms with Gasteiger partial charge in [0.05, 0.1) is 14.9 Å². The Morgan fingerprint density at radius 3 is 2.03 bits per heavy atom. The van der Waals surface area contributed by atoms with Gasteiger partial charge in [0.25, 0.3) is 10.0 Å². The van der Waals surface area contributed by atoms with E-state index in [0.29, 0.717) is 12.1 Å². The van der Waals surface area contributed by atoms with Crippen LogP contribution in [0.4, 0.5) is 5.69 Å². The zero-order valence-electron chi connectivity index (χ0n) is 19.4. The molecule has 4 aromatic carbocycles. The molecule has 1 unspecified atom stereocenters. The second-order valence-electron chi connectivity index (χ2n) is 8.67. The summed E-state index contributed by atoms with van der Waals surface area (Å²) in [4.78, 5) is 1.43. The van der Waals surface area contributed by atoms with Gasteiger partial charge in [-0.05, 0) is 53.2 Å². The molecule has 176 valence electrons. The van der Waals surface area contributed by atoms with E-state index in [2.05, 4.69) is 59.3 Å². The highest BCUT2D eigenvalue weighted by molar-refractivity contribution is 9.10. The van der Waals surface area contributed by atoms with Crippen LogP contribution in [0.15, 0.2) is 119 Å². The van der Waals surface area contributed by atoms with E-state index in [1.54, 1.807) is 24.3 Å². The van der Waals surface area contributed by atoms with Crippen molar-refractivity contribution in [3.8, 4) is 0 Å². The fraction of sp³-hybridized carbons (Fsp3) is 0.103. The van der Waals surface area contributed by atoms with Gasteiger partial charge in [-0.15, -0.1) is 0 Å². The number of nitrogens with one attached hydrogen (secondary N) is 1. The van der Waals surface area contributed by atoms with Crippen molar-refractivity contribution in [1.29, 1.82) is 0 Å². The minimum Gasteiger partial charge on any atom is -0.294 e. The first-order valence-electron chi connectivity index (χ1n) is 11.5. The quantitative estimate of drug-likeness (QED) is 0.278. The van der Waals surface area contributed by atoms with Crippen LogP contribution in [0.1, 0.15) is 16.8 Å². The van der Waals surface area contributed by atoms with E-state index in [1.807, 2.05) is 48.5 Å². The summed E-state index contributed by atoms with van der Waals surface area (Å²) in [6, 6.07) is 35.0. The van der Waals surface area contributed by atoms with Gasteiger partial charge in [-0.2, -0.15) is 0 Å². The molecule has 0 amide bonds. The summed E-state index contributed by atoms with van der Waals surface area (Å²) >= 11 is 3.77. The molecule has 0 radical (unpaired) electrons. The molecular formula is C29H26BrN2O2S+. The van der Waals surface area contributed by atoms with Crippen molar-refractivity contribution in [2.75, 3.05) is 0 Å². The average Bonchev–Trinajstić information content (AvgIpc) is 3.17. The fourth-order valence-corrected chi connectivity index (χ4v) is 6.79. The molecule has 0 saturated carbocycles. The van der Waals surface area contributed by atoms with Crippen molar-refractivity contribution >= 4 is 42.5 Å². The number of rotatable bonds is 7. The van der Waals surface area contributed by atoms with Crippen molar-refractivity contribution in [1.82, 2.24) is 3.97 Å². The molecule has 5 rings (SSSR count). The molecule has 1 atom stereocenters. The first-order chi connectivity index (χ1) is 16.9. The van der Waals surface area contributed by atoms with Gasteiger partial charge in [0.15, 0.2) is 0 Å². The molecule has 0 aliphatic rings. The summed E-state index contributed by atoms with van der Waals surface area (Å²) in [5, 5.41) is 0.880. The summed E-state index contributed by atoms with van der Waals surface area (Å²) < 4.78 is 30.2. The lowest BCUT2D eigenvalue weighted by atomic mass is 10.1. The highest BCUT2D eigenvalue weighted by Crippen LogP contribution is 2.34. The maximum Gasteiger partial charge on any atom is 0.268 e. The monoisotopic (exact) mass is 545 g/mol. The minimum absolute atomic E-state index is 0.273. The number of fused-ring (bicyclic) bond motifs is 1. The van der Waals surface area contributed by atoms with Crippen LogP contribution >= 0.6 is 15.9 Å². The van der Waals surface area contributed by atoms with Gasteiger partial charge in [-0.1, -0.05) is 84.4 Å². The van der Waals surface area contributed by atoms with Crippen molar-refractivity contribution in [3.05, 3.63) is 130 Å². The lowest BCUT2D eigenvalue weighted by Crippen LogP contribution is -3.04. The zero-order valence-corrected chi connectivity index (χ0v) is 21.8. The van der Waals surface area contributed by atoms with E-state index in [9.17, 15) is 8.42 Å². The third-order valence-electron chi connectivity index (χ3n) is 6.24. The van der Waals surface area contributed by atoms with E-state index >= 15 is 0 Å². The second-order valence-corrected chi connectivity index (χ2v) is 11.2. The van der Waals surface area contributed by atoms with E-state index in [1.165, 1.54) is 15.1 Å². The van der Waals surface area contributed by atoms with Crippen LogP contribution in [-0.2, 0) is 23.1 Å². The maximum absolute atomic E-state index is 13.9. The third-order valence-corrected chi connectivity index (χ3v) is 8.89. The Bertz CT molecular complexity index is 1560. The number of para-hydroxylation sites is 1. The normalized spacial score (nSPS) is 12.6. The summed E-state index contributed by atoms with van der Waals surface area (Å²) in [5.74, 6) is 0. The topological polar surface area (TPSA) is 43.5 Å². The van der Waals surface area contributed by atoms with Crippen molar-refractivity contribution in [3.63, 3.8) is 0 Å². The summed E-state index contributed by atoms with van der Waals surface area (Å²) in [5.41, 5.74) is 4.88. The smallest absolute Gasteiger partial charge is 0.268 e. The Labute approximate surface area is 214 Å². The molecule has 0 spiro atoms. The Morgan fingerprint density at radius 2 is 1.34 bits per heavy atom. The summed E-state index contributed by atoms with van der Waals surface area (Å²) in [7, 11) is -3.81. The predicted octanol–water partition coefficient (Wildman–Crippen LogP) is 5.87. The molecule has 1 aromatic heterocycles. The molecule has 1 N–H and O–H groups in total. The van der Waals surface area contributed by atoms with Crippen molar-refractivity contribution < 1.29 is 13.3 Å². The number of aryl methyl sites for hydroxylation is 1. The maximum atomic E-state index is 13.9. The van der Waals surface area contributed by atoms with Gasteiger partial charge in [-0.3, -0.25) is 4.90 Å². The number of quaternary nitrogens is 1. The highest BCUT2D eigenvalue weighted by atomic mass is 79.9. The first-order valence-corrected chi connectivity index (χ1v) is 13.7. The largest absolute Gasteiger partial charge is 0.294 e. The average molecular weight is 547 g/mol. The minimum atomic E-state index is -3.81. The second kappa shape index (κ2) is 9.82. The fourth-order valence-electron chi connectivity index (χ4n) is 4.45. The first kappa shape index (κ1) is 23.5. The van der Waals surface area contributed by atoms with Gasteiger partial charge in [0.1, 0.15) is 24.5 Å². The molecule has 0 aliphatic carbocycles. The van der Waals surface area contributed by atoms with Crippen LogP contribution in [0.25, 0.3) is 10.9 Å². The Morgan fingerprint density at radius 1 is 0.743 bits per heavy atom. The SMILES string of the molecule is Cc1ccc([NH+](Cc2ccccc2)Cc2c(Br)c3ccccc3n2S(=O)(=O)c2ccccc2)cc1. The molecule has 0 fully saturated rings. The Kier molecular flexibility index (Phi) is 6.60. The number of hydrogen-bond donors (Lipinski definition) is 1. The van der Waals surface area contributed by atoms with Gasteiger partial charge in [-0.25, -0.2) is 12.4 Å². The van der Waals surface area contributed by atoms with Crippen LogP contribution < -0.4 is 4.90 Å². The van der Waals surface area contributed by atoms with Crippen molar-refractivity contribution in [2.24, 2.45) is 0 Å². The highest BCUT2D eigenvalue weighted by Gasteiger charge is 2.29. The summed E-state index contributed by atoms with van der Waals surface area (Å²) in [6.07, 6.45) is 0. The number of hydrogen-bond acceptors (Lipinski definition) is 2. The Hall–Kier alpha value is -3.19. The van der Waals surface area contributed by atoms with Crippen LogP contribution in [0.2, 0.25) is 0 Å². The lowest BCUT2D eigenvalue weighted by molar-refractivity contribution is -0.862. The van der Waals surface area contributed by atoms with Crippen LogP contribution in [0.3, 0.4) is 0 Å². The van der Waals surface area contributed by atoms with Gasteiger partial charge in [0, 0.05) is 10.9 Å². The van der Waals surface area contributed by atoms with E-state index in [4.69, 9.17) is 0 Å². The number of nitrogens with zero attached hydrogens (tertiary/aromatic N) is 1. The molecule has 1 heterocycles. The molecular weight excluding hydrogens is 520 g/mol. The summed E-state index contributed by atoms with van der Waals surface area (Å²) in [6.45, 7) is 3.28. The number of aromatic nitrogens is 1. The van der Waals surface area contributed by atoms with E-state index in [-0.39, 0.29) is 4.90 Å². The third kappa shape index (κ3) is 4.69. The molecule has 0 aliphatic heterocycles. The molecule has 0 bridgehead atoms. The van der Waals surface area contributed by atoms with Gasteiger partial charge in [0.2, 0.25) is 0 Å². The Balaban J connectivity index is 1.68. The van der Waals surface area contributed by atoms with E-state index < -0.39 is 10.0 Å². The molecule has 4 nitrogen and oxygen atoms in total. The standard InChI is InChI=1S/C29H25BrN2O2S/c1-22-16-18-24(19-17-22)31(20-23-10-4-2-5-11-23)21-28-29(30)26-14-8-9-15-27(26)32(28)35(33,34)25-12-6-3-7-13-25/h2-19H,20-21H2,1H3/p+1. The van der Waals surface area contributed by atoms with Gasteiger partial charge >= 0.3 is 0 Å². The van der Waals surface area contributed by atoms with Gasteiger partial charge < -0.3 is 0 Å². The molecule has 35 heavy (non-hydrogen) atoms. The van der Waals surface area contributed by atoms with Crippen LogP contribution in [0, 0.1) is 6.92 Å². The van der Waals surface area contributed by atoms with Crippen LogP contribution in [0.5, 0.6) is 0 Å². The zero-order chi connectivity index (χ0) is 24.4. The van der Waals surface area contributed by atoms with Crippen LogP contribution in [-0.4, -0.2) is 12.4 Å². The number of benzene rings is 4. The van der Waals surface area contributed by atoms with Crippen molar-refractivity contribution in [2.45, 2.75) is 24.9 Å². The molecule has 5 aromatic rings. The molecule has 6 heteroatoms. The lowest BCUT2D eigenvalue weighted by Gasteiger charge is -2.21. The molecule has 0 saturated heterocycles. The van der Waals surface area contributed by atoms with E-state index in [0.717, 1.165) is 32.7 Å².